The number of nitrogens with zero attached hydrogens (tertiary/aromatic N) is 2. The van der Waals surface area contributed by atoms with Crippen molar-refractivity contribution < 1.29 is 5.11 Å². The maximum absolute atomic E-state index is 9.89. The van der Waals surface area contributed by atoms with Gasteiger partial charge in [0.2, 0.25) is 0 Å². The molecule has 1 atom stereocenters. The molecule has 0 radical (unpaired) electrons. The van der Waals surface area contributed by atoms with Crippen LogP contribution in [0, 0.1) is 5.41 Å². The first-order valence-corrected chi connectivity index (χ1v) is 8.00. The van der Waals surface area contributed by atoms with E-state index >= 15 is 0 Å². The average Bonchev–Trinajstić information content (AvgIpc) is 2.52. The van der Waals surface area contributed by atoms with Crippen molar-refractivity contribution in [3.63, 3.8) is 0 Å². The second kappa shape index (κ2) is 7.71. The highest BCUT2D eigenvalue weighted by molar-refractivity contribution is 5.04. The average molecular weight is 288 g/mol. The molecule has 3 nitrogen and oxygen atoms in total. The molecule has 1 unspecified atom stereocenters. The Morgan fingerprint density at radius 2 is 2.29 bits per heavy atom. The topological polar surface area (TPSA) is 36.4 Å². The first-order chi connectivity index (χ1) is 10.1. The monoisotopic (exact) mass is 288 g/mol. The van der Waals surface area contributed by atoms with Crippen molar-refractivity contribution >= 4 is 0 Å². The van der Waals surface area contributed by atoms with Gasteiger partial charge in [0.05, 0.1) is 6.61 Å². The van der Waals surface area contributed by atoms with Crippen molar-refractivity contribution in [2.45, 2.75) is 39.5 Å². The van der Waals surface area contributed by atoms with Gasteiger partial charge in [-0.2, -0.15) is 0 Å². The van der Waals surface area contributed by atoms with Gasteiger partial charge < -0.3 is 10.0 Å². The second-order valence-electron chi connectivity index (χ2n) is 6.59. The smallest absolute Gasteiger partial charge is 0.0502 e. The van der Waals surface area contributed by atoms with Gasteiger partial charge in [0.25, 0.3) is 0 Å². The molecule has 0 aromatic carbocycles. The molecule has 1 fully saturated rings. The van der Waals surface area contributed by atoms with Crippen molar-refractivity contribution in [1.82, 2.24) is 9.88 Å². The van der Waals surface area contributed by atoms with Gasteiger partial charge in [-0.3, -0.25) is 4.98 Å². The molecule has 2 rings (SSSR count). The maximum Gasteiger partial charge on any atom is 0.0502 e. The molecule has 1 aromatic rings. The molecule has 1 aliphatic heterocycles. The molecule has 0 bridgehead atoms. The van der Waals surface area contributed by atoms with Crippen LogP contribution in [0.15, 0.2) is 36.0 Å². The third kappa shape index (κ3) is 4.94. The Morgan fingerprint density at radius 3 is 2.95 bits per heavy atom. The van der Waals surface area contributed by atoms with Crippen LogP contribution in [0.3, 0.4) is 0 Å². The molecule has 0 amide bonds. The summed E-state index contributed by atoms with van der Waals surface area (Å²) in [5.41, 5.74) is 2.55. The van der Waals surface area contributed by atoms with E-state index in [4.69, 9.17) is 0 Å². The molecule has 0 aliphatic carbocycles. The molecule has 0 spiro atoms. The number of piperidine rings is 1. The Bertz CT molecular complexity index is 454. The molecule has 0 saturated carbocycles. The summed E-state index contributed by atoms with van der Waals surface area (Å²) < 4.78 is 0. The van der Waals surface area contributed by atoms with Crippen LogP contribution in [-0.4, -0.2) is 41.2 Å². The number of hydrogen-bond acceptors (Lipinski definition) is 3. The number of aliphatic hydroxyl groups is 1. The maximum atomic E-state index is 9.89. The predicted molar refractivity (Wildman–Crippen MR) is 87.2 cm³/mol. The number of hydrogen-bond donors (Lipinski definition) is 1. The van der Waals surface area contributed by atoms with E-state index in [1.54, 1.807) is 0 Å². The van der Waals surface area contributed by atoms with Crippen molar-refractivity contribution in [3.8, 4) is 0 Å². The van der Waals surface area contributed by atoms with Gasteiger partial charge in [0, 0.05) is 36.8 Å². The molecule has 1 aliphatic rings. The summed E-state index contributed by atoms with van der Waals surface area (Å²) in [7, 11) is 0. The van der Waals surface area contributed by atoms with E-state index in [-0.39, 0.29) is 12.0 Å². The fourth-order valence-corrected chi connectivity index (χ4v) is 3.10. The van der Waals surface area contributed by atoms with Crippen LogP contribution in [-0.2, 0) is 6.42 Å². The Hall–Kier alpha value is -1.19. The van der Waals surface area contributed by atoms with Crippen LogP contribution in [0.2, 0.25) is 0 Å². The highest BCUT2D eigenvalue weighted by Crippen LogP contribution is 2.33. The lowest BCUT2D eigenvalue weighted by molar-refractivity contribution is 0.0347. The lowest BCUT2D eigenvalue weighted by Gasteiger charge is -2.41. The van der Waals surface area contributed by atoms with E-state index in [2.05, 4.69) is 35.9 Å². The van der Waals surface area contributed by atoms with Crippen molar-refractivity contribution in [2.75, 3.05) is 26.2 Å². The normalized spacial score (nSPS) is 23.0. The minimum Gasteiger partial charge on any atom is -0.396 e. The molecular weight excluding hydrogens is 260 g/mol. The number of aliphatic hydroxyl groups excluding tert-OH is 1. The third-order valence-electron chi connectivity index (χ3n) is 4.43. The van der Waals surface area contributed by atoms with E-state index in [0.717, 1.165) is 44.6 Å². The lowest BCUT2D eigenvalue weighted by atomic mass is 9.77. The summed E-state index contributed by atoms with van der Waals surface area (Å²) in [6, 6.07) is 6.10. The Morgan fingerprint density at radius 1 is 1.43 bits per heavy atom. The Balaban J connectivity index is 1.91. The third-order valence-corrected chi connectivity index (χ3v) is 4.43. The standard InChI is InChI=1S/C18H28N2O/c1-16(2)7-10-18(15-21)9-5-12-20(14-18)13-8-17-6-3-4-11-19-17/h3-4,6-7,11,21H,5,8-10,12-15H2,1-2H3. The fraction of sp³-hybridized carbons (Fsp3) is 0.611. The van der Waals surface area contributed by atoms with E-state index in [0.29, 0.717) is 0 Å². The summed E-state index contributed by atoms with van der Waals surface area (Å²) in [5.74, 6) is 0. The number of aromatic nitrogens is 1. The second-order valence-corrected chi connectivity index (χ2v) is 6.59. The van der Waals surface area contributed by atoms with Crippen LogP contribution >= 0.6 is 0 Å². The number of pyridine rings is 1. The van der Waals surface area contributed by atoms with Crippen LogP contribution in [0.5, 0.6) is 0 Å². The molecule has 116 valence electrons. The molecule has 21 heavy (non-hydrogen) atoms. The minimum atomic E-state index is 0.0552. The summed E-state index contributed by atoms with van der Waals surface area (Å²) in [6.07, 6.45) is 8.43. The van der Waals surface area contributed by atoms with Gasteiger partial charge in [0.15, 0.2) is 0 Å². The summed E-state index contributed by atoms with van der Waals surface area (Å²) in [4.78, 5) is 6.89. The molecule has 3 heteroatoms. The van der Waals surface area contributed by atoms with Gasteiger partial charge in [-0.1, -0.05) is 17.7 Å². The quantitative estimate of drug-likeness (QED) is 0.817. The van der Waals surface area contributed by atoms with Crippen molar-refractivity contribution in [3.05, 3.63) is 41.7 Å². The number of rotatable bonds is 6. The lowest BCUT2D eigenvalue weighted by Crippen LogP contribution is -2.45. The Labute approximate surface area is 128 Å². The summed E-state index contributed by atoms with van der Waals surface area (Å²) in [6.45, 7) is 7.73. The van der Waals surface area contributed by atoms with Crippen LogP contribution in [0.25, 0.3) is 0 Å². The fourth-order valence-electron chi connectivity index (χ4n) is 3.10. The van der Waals surface area contributed by atoms with Gasteiger partial charge in [0.1, 0.15) is 0 Å². The zero-order chi connectivity index (χ0) is 15.1. The Kier molecular flexibility index (Phi) is 5.95. The molecule has 1 aromatic heterocycles. The van der Waals surface area contributed by atoms with E-state index < -0.39 is 0 Å². The van der Waals surface area contributed by atoms with E-state index in [1.165, 1.54) is 12.0 Å². The zero-order valence-corrected chi connectivity index (χ0v) is 13.4. The van der Waals surface area contributed by atoms with Crippen LogP contribution in [0.4, 0.5) is 0 Å². The van der Waals surface area contributed by atoms with Crippen molar-refractivity contribution in [1.29, 1.82) is 0 Å². The largest absolute Gasteiger partial charge is 0.396 e. The molecule has 1 saturated heterocycles. The summed E-state index contributed by atoms with van der Waals surface area (Å²) in [5, 5.41) is 9.89. The SMILES string of the molecule is CC(C)=CCC1(CO)CCCN(CCc2ccccn2)C1. The van der Waals surface area contributed by atoms with Gasteiger partial charge in [-0.15, -0.1) is 0 Å². The van der Waals surface area contributed by atoms with Gasteiger partial charge >= 0.3 is 0 Å². The molecular formula is C18H28N2O. The molecule has 1 N–H and O–H groups in total. The number of allylic oxidation sites excluding steroid dienone is 2. The van der Waals surface area contributed by atoms with Gasteiger partial charge in [-0.25, -0.2) is 0 Å². The first kappa shape index (κ1) is 16.2. The zero-order valence-electron chi connectivity index (χ0n) is 13.4. The van der Waals surface area contributed by atoms with Crippen LogP contribution < -0.4 is 0 Å². The predicted octanol–water partition coefficient (Wildman–Crippen LogP) is 3.05. The highest BCUT2D eigenvalue weighted by Gasteiger charge is 2.33. The molecule has 2 heterocycles. The minimum absolute atomic E-state index is 0.0552. The van der Waals surface area contributed by atoms with Crippen molar-refractivity contribution in [2.24, 2.45) is 5.41 Å². The van der Waals surface area contributed by atoms with E-state index in [1.807, 2.05) is 18.3 Å². The summed E-state index contributed by atoms with van der Waals surface area (Å²) >= 11 is 0. The first-order valence-electron chi connectivity index (χ1n) is 8.00. The van der Waals surface area contributed by atoms with Gasteiger partial charge in [-0.05, 0) is 51.8 Å². The van der Waals surface area contributed by atoms with E-state index in [9.17, 15) is 5.11 Å². The number of likely N-dealkylation sites (tertiary alicyclic amines) is 1. The highest BCUT2D eigenvalue weighted by atomic mass is 16.3. The van der Waals surface area contributed by atoms with Crippen LogP contribution in [0.1, 0.15) is 38.8 Å².